The summed E-state index contributed by atoms with van der Waals surface area (Å²) in [6.07, 6.45) is -1.67. The number of amides is 1. The van der Waals surface area contributed by atoms with Crippen LogP contribution in [0.2, 0.25) is 0 Å². The van der Waals surface area contributed by atoms with Crippen molar-refractivity contribution in [3.05, 3.63) is 70.8 Å². The molecule has 2 aromatic rings. The van der Waals surface area contributed by atoms with Gasteiger partial charge in [-0.2, -0.15) is 13.2 Å². The number of methoxy groups -OCH3 is 1. The van der Waals surface area contributed by atoms with Crippen LogP contribution in [0.3, 0.4) is 0 Å². The Morgan fingerprint density at radius 1 is 1.20 bits per heavy atom. The minimum Gasteiger partial charge on any atom is -0.481 e. The second kappa shape index (κ2) is 8.47. The lowest BCUT2D eigenvalue weighted by atomic mass is 10.1. The normalized spacial score (nSPS) is 17.7. The van der Waals surface area contributed by atoms with Crippen LogP contribution in [-0.2, 0) is 33.8 Å². The summed E-state index contributed by atoms with van der Waals surface area (Å²) in [7, 11) is -1.96. The molecule has 0 aliphatic carbocycles. The maximum Gasteiger partial charge on any atom is 0.416 e. The van der Waals surface area contributed by atoms with Gasteiger partial charge >= 0.3 is 6.18 Å². The third-order valence-electron chi connectivity index (χ3n) is 4.63. The molecule has 3 rings (SSSR count). The molecule has 6 nitrogen and oxygen atoms in total. The van der Waals surface area contributed by atoms with Crippen LogP contribution < -0.4 is 4.74 Å². The van der Waals surface area contributed by atoms with E-state index in [9.17, 15) is 26.4 Å². The number of carbonyl (C=O) groups is 1. The number of benzene rings is 1. The maximum atomic E-state index is 13.0. The molecule has 10 heteroatoms. The van der Waals surface area contributed by atoms with Gasteiger partial charge in [0.25, 0.3) is 0 Å². The molecule has 160 valence electrons. The molecule has 30 heavy (non-hydrogen) atoms. The predicted octanol–water partition coefficient (Wildman–Crippen LogP) is 2.99. The summed E-state index contributed by atoms with van der Waals surface area (Å²) in [4.78, 5) is 18.4. The largest absolute Gasteiger partial charge is 0.481 e. The molecule has 1 amide bonds. The zero-order valence-electron chi connectivity index (χ0n) is 16.0. The van der Waals surface area contributed by atoms with Crippen LogP contribution in [0, 0.1) is 0 Å². The van der Waals surface area contributed by atoms with Crippen molar-refractivity contribution in [2.24, 2.45) is 0 Å². The van der Waals surface area contributed by atoms with Crippen LogP contribution in [0.5, 0.6) is 5.88 Å². The average molecular weight is 440 g/mol. The van der Waals surface area contributed by atoms with Crippen LogP contribution in [-0.4, -0.2) is 43.1 Å². The van der Waals surface area contributed by atoms with Gasteiger partial charge in [0.1, 0.15) is 0 Å². The molecule has 0 saturated carbocycles. The van der Waals surface area contributed by atoms with Gasteiger partial charge in [-0.1, -0.05) is 12.1 Å². The van der Waals surface area contributed by atoms with Crippen molar-refractivity contribution < 1.29 is 31.1 Å². The maximum absolute atomic E-state index is 13.0. The first-order valence-corrected chi connectivity index (χ1v) is 10.6. The number of nitrogens with zero attached hydrogens (tertiary/aromatic N) is 2. The minimum absolute atomic E-state index is 0.100. The Morgan fingerprint density at radius 2 is 1.90 bits per heavy atom. The number of aromatic nitrogens is 1. The van der Waals surface area contributed by atoms with Crippen LogP contribution >= 0.6 is 0 Å². The van der Waals surface area contributed by atoms with E-state index >= 15 is 0 Å². The second-order valence-corrected chi connectivity index (χ2v) is 8.76. The molecular formula is C20H19F3N2O4S. The first-order chi connectivity index (χ1) is 14.1. The molecule has 0 fully saturated rings. The Kier molecular flexibility index (Phi) is 6.16. The van der Waals surface area contributed by atoms with E-state index in [2.05, 4.69) is 4.98 Å². The van der Waals surface area contributed by atoms with Gasteiger partial charge in [-0.25, -0.2) is 13.4 Å². The van der Waals surface area contributed by atoms with Crippen molar-refractivity contribution in [1.82, 2.24) is 9.88 Å². The third kappa shape index (κ3) is 5.38. The van der Waals surface area contributed by atoms with E-state index in [1.165, 1.54) is 36.4 Å². The summed E-state index contributed by atoms with van der Waals surface area (Å²) < 4.78 is 67.0. The Morgan fingerprint density at radius 3 is 2.47 bits per heavy atom. The average Bonchev–Trinajstić information content (AvgIpc) is 3.05. The topological polar surface area (TPSA) is 76.6 Å². The van der Waals surface area contributed by atoms with E-state index in [-0.39, 0.29) is 18.7 Å². The highest BCUT2D eigenvalue weighted by molar-refractivity contribution is 7.94. The third-order valence-corrected chi connectivity index (χ3v) is 6.01. The van der Waals surface area contributed by atoms with E-state index in [4.69, 9.17) is 4.74 Å². The number of hydrogen-bond acceptors (Lipinski definition) is 5. The first kappa shape index (κ1) is 21.8. The van der Waals surface area contributed by atoms with E-state index in [1.54, 1.807) is 12.1 Å². The molecule has 0 bridgehead atoms. The number of rotatable bonds is 6. The fraction of sp³-hybridized carbons (Fsp3) is 0.300. The molecule has 1 aromatic carbocycles. The molecule has 0 saturated heterocycles. The van der Waals surface area contributed by atoms with Gasteiger partial charge in [0.05, 0.1) is 30.9 Å². The van der Waals surface area contributed by atoms with Crippen LogP contribution in [0.25, 0.3) is 0 Å². The first-order valence-electron chi connectivity index (χ1n) is 8.93. The summed E-state index contributed by atoms with van der Waals surface area (Å²) in [5, 5.41) is 1.07. The number of alkyl halides is 3. The SMILES string of the molecule is COc1cc(CN(C(=O)Cc2ccc(C(F)(F)F)cc2)C2C=CS(=O)(=O)C2)ccn1. The molecular weight excluding hydrogens is 421 g/mol. The lowest BCUT2D eigenvalue weighted by molar-refractivity contribution is -0.137. The highest BCUT2D eigenvalue weighted by Crippen LogP contribution is 2.29. The molecule has 1 unspecified atom stereocenters. The fourth-order valence-electron chi connectivity index (χ4n) is 3.09. The summed E-state index contributed by atoms with van der Waals surface area (Å²) in [6.45, 7) is 0.100. The zero-order chi connectivity index (χ0) is 21.9. The number of carbonyl (C=O) groups excluding carboxylic acids is 1. The predicted molar refractivity (Wildman–Crippen MR) is 103 cm³/mol. The van der Waals surface area contributed by atoms with E-state index < -0.39 is 33.5 Å². The van der Waals surface area contributed by atoms with Crippen LogP contribution in [0.15, 0.2) is 54.1 Å². The highest BCUT2D eigenvalue weighted by atomic mass is 32.2. The molecule has 0 radical (unpaired) electrons. The van der Waals surface area contributed by atoms with Gasteiger partial charge in [0, 0.05) is 24.2 Å². The minimum atomic E-state index is -4.46. The number of pyridine rings is 1. The van der Waals surface area contributed by atoms with E-state index in [0.29, 0.717) is 17.0 Å². The molecule has 0 spiro atoms. The number of halogens is 3. The summed E-state index contributed by atoms with van der Waals surface area (Å²) in [5.74, 6) is -0.303. The van der Waals surface area contributed by atoms with Crippen LogP contribution in [0.1, 0.15) is 16.7 Å². The van der Waals surface area contributed by atoms with Gasteiger partial charge in [0.15, 0.2) is 9.84 Å². The zero-order valence-corrected chi connectivity index (χ0v) is 16.8. The summed E-state index contributed by atoms with van der Waals surface area (Å²) >= 11 is 0. The van der Waals surface area contributed by atoms with E-state index in [0.717, 1.165) is 17.5 Å². The van der Waals surface area contributed by atoms with Crippen molar-refractivity contribution in [1.29, 1.82) is 0 Å². The smallest absolute Gasteiger partial charge is 0.416 e. The molecule has 0 N–H and O–H groups in total. The second-order valence-electron chi connectivity index (χ2n) is 6.82. The Hall–Kier alpha value is -2.88. The standard InChI is InChI=1S/C20H19F3N2O4S/c1-29-18-10-15(6-8-24-18)12-25(17-7-9-30(27,28)13-17)19(26)11-14-2-4-16(5-3-14)20(21,22)23/h2-10,17H,11-13H2,1H3. The van der Waals surface area contributed by atoms with Gasteiger partial charge in [-0.15, -0.1) is 0 Å². The van der Waals surface area contributed by atoms with Crippen LogP contribution in [0.4, 0.5) is 13.2 Å². The molecule has 1 aromatic heterocycles. The Balaban J connectivity index is 1.82. The van der Waals surface area contributed by atoms with Crippen molar-refractivity contribution in [3.8, 4) is 5.88 Å². The molecule has 1 aliphatic heterocycles. The van der Waals surface area contributed by atoms with Gasteiger partial charge in [0.2, 0.25) is 11.8 Å². The molecule has 2 heterocycles. The Labute approximate surface area is 171 Å². The number of hydrogen-bond donors (Lipinski definition) is 0. The molecule has 1 aliphatic rings. The monoisotopic (exact) mass is 440 g/mol. The number of sulfone groups is 1. The van der Waals surface area contributed by atoms with Crippen molar-refractivity contribution in [3.63, 3.8) is 0 Å². The van der Waals surface area contributed by atoms with Crippen molar-refractivity contribution in [2.75, 3.05) is 12.9 Å². The van der Waals surface area contributed by atoms with Crippen molar-refractivity contribution >= 4 is 15.7 Å². The quantitative estimate of drug-likeness (QED) is 0.690. The van der Waals surface area contributed by atoms with E-state index in [1.807, 2.05) is 0 Å². The lowest BCUT2D eigenvalue weighted by Gasteiger charge is -2.28. The lowest BCUT2D eigenvalue weighted by Crippen LogP contribution is -2.41. The Bertz CT molecular complexity index is 1050. The summed E-state index contributed by atoms with van der Waals surface area (Å²) in [5.41, 5.74) is 0.278. The molecule has 1 atom stereocenters. The highest BCUT2D eigenvalue weighted by Gasteiger charge is 2.32. The fourth-order valence-corrected chi connectivity index (χ4v) is 4.39. The van der Waals surface area contributed by atoms with Gasteiger partial charge in [-0.05, 0) is 35.4 Å². The number of ether oxygens (including phenoxy) is 1. The van der Waals surface area contributed by atoms with Gasteiger partial charge < -0.3 is 9.64 Å². The van der Waals surface area contributed by atoms with Crippen molar-refractivity contribution in [2.45, 2.75) is 25.2 Å². The summed E-state index contributed by atoms with van der Waals surface area (Å²) in [6, 6.07) is 6.96. The van der Waals surface area contributed by atoms with Gasteiger partial charge in [-0.3, -0.25) is 4.79 Å².